The van der Waals surface area contributed by atoms with Gasteiger partial charge < -0.3 is 0 Å². The van der Waals surface area contributed by atoms with Gasteiger partial charge in [-0.1, -0.05) is 60.2 Å². The number of primary sulfonamides is 1. The number of aryl methyl sites for hydroxylation is 1. The molecule has 7 nitrogen and oxygen atoms in total. The zero-order valence-corrected chi connectivity index (χ0v) is 15.8. The summed E-state index contributed by atoms with van der Waals surface area (Å²) in [6.45, 7) is 1.99. The third-order valence-corrected chi connectivity index (χ3v) is 5.38. The first-order chi connectivity index (χ1) is 13.4. The van der Waals surface area contributed by atoms with Crippen molar-refractivity contribution in [3.05, 3.63) is 72.3 Å². The number of benzene rings is 3. The molecule has 0 aliphatic rings. The number of H-pyrrole nitrogens is 1. The third-order valence-electron chi connectivity index (χ3n) is 4.45. The molecule has 3 N–H and O–H groups in total. The molecule has 0 radical (unpaired) electrons. The zero-order chi connectivity index (χ0) is 19.7. The van der Waals surface area contributed by atoms with E-state index >= 15 is 0 Å². The highest BCUT2D eigenvalue weighted by molar-refractivity contribution is 7.89. The van der Waals surface area contributed by atoms with Crippen LogP contribution in [0.2, 0.25) is 0 Å². The Morgan fingerprint density at radius 2 is 1.61 bits per heavy atom. The van der Waals surface area contributed by atoms with Crippen LogP contribution in [0, 0.1) is 6.92 Å². The Kier molecular flexibility index (Phi) is 4.50. The van der Waals surface area contributed by atoms with E-state index in [0.717, 1.165) is 22.3 Å². The second-order valence-corrected chi connectivity index (χ2v) is 7.94. The highest BCUT2D eigenvalue weighted by Gasteiger charge is 2.24. The molecule has 4 aromatic rings. The zero-order valence-electron chi connectivity index (χ0n) is 15.0. The molecule has 0 aliphatic carbocycles. The Morgan fingerprint density at radius 1 is 0.893 bits per heavy atom. The summed E-state index contributed by atoms with van der Waals surface area (Å²) in [4.78, 5) is -0.0502. The summed E-state index contributed by atoms with van der Waals surface area (Å²) < 4.78 is 24.9. The maximum absolute atomic E-state index is 12.5. The van der Waals surface area contributed by atoms with E-state index in [1.54, 1.807) is 6.07 Å². The maximum Gasteiger partial charge on any atom is 0.238 e. The molecule has 1 heterocycles. The molecule has 4 rings (SSSR count). The number of tetrazole rings is 1. The lowest BCUT2D eigenvalue weighted by molar-refractivity contribution is 0.598. The highest BCUT2D eigenvalue weighted by Crippen LogP contribution is 2.38. The Balaban J connectivity index is 2.10. The van der Waals surface area contributed by atoms with Crippen molar-refractivity contribution in [1.29, 1.82) is 0 Å². The topological polar surface area (TPSA) is 115 Å². The van der Waals surface area contributed by atoms with E-state index in [1.807, 2.05) is 67.6 Å². The largest absolute Gasteiger partial charge is 0.238 e. The number of nitrogens with zero attached hydrogens (tertiary/aromatic N) is 3. The average molecular weight is 391 g/mol. The van der Waals surface area contributed by atoms with Crippen LogP contribution in [0.1, 0.15) is 5.56 Å². The fourth-order valence-electron chi connectivity index (χ4n) is 3.10. The van der Waals surface area contributed by atoms with Gasteiger partial charge in [-0.15, -0.1) is 10.2 Å². The van der Waals surface area contributed by atoms with Crippen LogP contribution >= 0.6 is 0 Å². The summed E-state index contributed by atoms with van der Waals surface area (Å²) in [5.41, 5.74) is 4.50. The number of rotatable bonds is 4. The van der Waals surface area contributed by atoms with E-state index in [2.05, 4.69) is 20.6 Å². The van der Waals surface area contributed by atoms with Crippen LogP contribution in [0.15, 0.2) is 71.6 Å². The number of nitrogens with two attached hydrogens (primary N) is 1. The summed E-state index contributed by atoms with van der Waals surface area (Å²) in [5.74, 6) is 0.166. The molecule has 0 saturated carbocycles. The van der Waals surface area contributed by atoms with E-state index in [0.29, 0.717) is 11.1 Å². The lowest BCUT2D eigenvalue weighted by atomic mass is 9.93. The summed E-state index contributed by atoms with van der Waals surface area (Å²) in [6.07, 6.45) is 0. The van der Waals surface area contributed by atoms with E-state index in [4.69, 9.17) is 5.14 Å². The van der Waals surface area contributed by atoms with Crippen LogP contribution in [0.3, 0.4) is 0 Å². The fraction of sp³-hybridized carbons (Fsp3) is 0.0500. The van der Waals surface area contributed by atoms with Crippen LogP contribution in [-0.4, -0.2) is 29.0 Å². The molecule has 0 aliphatic heterocycles. The molecule has 3 aromatic carbocycles. The molecule has 0 atom stereocenters. The van der Waals surface area contributed by atoms with Gasteiger partial charge >= 0.3 is 0 Å². The molecule has 0 unspecified atom stereocenters. The minimum atomic E-state index is -4.05. The molecule has 28 heavy (non-hydrogen) atoms. The Hall–Kier alpha value is -3.36. The van der Waals surface area contributed by atoms with Crippen molar-refractivity contribution in [2.45, 2.75) is 11.8 Å². The van der Waals surface area contributed by atoms with Gasteiger partial charge in [0, 0.05) is 0 Å². The molecule has 0 saturated heterocycles. The second-order valence-electron chi connectivity index (χ2n) is 6.41. The minimum absolute atomic E-state index is 0.0502. The van der Waals surface area contributed by atoms with Crippen molar-refractivity contribution in [1.82, 2.24) is 20.6 Å². The minimum Gasteiger partial charge on any atom is -0.225 e. The van der Waals surface area contributed by atoms with Crippen molar-refractivity contribution >= 4 is 10.0 Å². The molecule has 8 heteroatoms. The summed E-state index contributed by atoms with van der Waals surface area (Å²) in [7, 11) is -4.05. The normalized spacial score (nSPS) is 11.5. The SMILES string of the molecule is Cc1ccc(-c2cc(-c3ccccc3)cc(S(N)(=O)=O)c2-c2nn[nH]n2)cc1. The fourth-order valence-corrected chi connectivity index (χ4v) is 3.87. The lowest BCUT2D eigenvalue weighted by Crippen LogP contribution is -2.14. The maximum atomic E-state index is 12.5. The van der Waals surface area contributed by atoms with Crippen molar-refractivity contribution in [2.24, 2.45) is 5.14 Å². The Bertz CT molecular complexity index is 1220. The molecule has 140 valence electrons. The van der Waals surface area contributed by atoms with Gasteiger partial charge in [-0.05, 0) is 46.5 Å². The number of hydrogen-bond donors (Lipinski definition) is 2. The van der Waals surface area contributed by atoms with Crippen LogP contribution in [0.25, 0.3) is 33.6 Å². The monoisotopic (exact) mass is 391 g/mol. The number of sulfonamides is 1. The molecule has 1 aromatic heterocycles. The first-order valence-corrected chi connectivity index (χ1v) is 10.1. The summed E-state index contributed by atoms with van der Waals surface area (Å²) in [6, 6.07) is 20.8. The molecule has 0 spiro atoms. The smallest absolute Gasteiger partial charge is 0.225 e. The van der Waals surface area contributed by atoms with Crippen LogP contribution in [0.4, 0.5) is 0 Å². The van der Waals surface area contributed by atoms with E-state index < -0.39 is 10.0 Å². The Morgan fingerprint density at radius 3 is 2.21 bits per heavy atom. The van der Waals surface area contributed by atoms with Crippen molar-refractivity contribution in [3.8, 4) is 33.6 Å². The first kappa shape index (κ1) is 18.0. The first-order valence-electron chi connectivity index (χ1n) is 8.50. The number of aromatic amines is 1. The molecule has 0 fully saturated rings. The average Bonchev–Trinajstić information content (AvgIpc) is 3.22. The number of hydrogen-bond acceptors (Lipinski definition) is 5. The van der Waals surface area contributed by atoms with Gasteiger partial charge in [0.15, 0.2) is 0 Å². The second kappa shape index (κ2) is 6.99. The van der Waals surface area contributed by atoms with Gasteiger partial charge in [-0.25, -0.2) is 13.6 Å². The lowest BCUT2D eigenvalue weighted by Gasteiger charge is -2.15. The van der Waals surface area contributed by atoms with Crippen LogP contribution in [-0.2, 0) is 10.0 Å². The summed E-state index contributed by atoms with van der Waals surface area (Å²) >= 11 is 0. The van der Waals surface area contributed by atoms with Gasteiger partial charge in [0.2, 0.25) is 15.8 Å². The van der Waals surface area contributed by atoms with Gasteiger partial charge in [0.05, 0.1) is 10.5 Å². The van der Waals surface area contributed by atoms with Crippen molar-refractivity contribution in [2.75, 3.05) is 0 Å². The van der Waals surface area contributed by atoms with Crippen molar-refractivity contribution in [3.63, 3.8) is 0 Å². The van der Waals surface area contributed by atoms with Crippen LogP contribution in [0.5, 0.6) is 0 Å². The van der Waals surface area contributed by atoms with E-state index in [9.17, 15) is 8.42 Å². The summed E-state index contributed by atoms with van der Waals surface area (Å²) in [5, 5.41) is 19.5. The predicted molar refractivity (Wildman–Crippen MR) is 107 cm³/mol. The van der Waals surface area contributed by atoms with E-state index in [-0.39, 0.29) is 10.7 Å². The third kappa shape index (κ3) is 3.42. The predicted octanol–water partition coefficient (Wildman–Crippen LogP) is 3.16. The van der Waals surface area contributed by atoms with E-state index in [1.165, 1.54) is 0 Å². The van der Waals surface area contributed by atoms with Crippen molar-refractivity contribution < 1.29 is 8.42 Å². The number of nitrogens with one attached hydrogen (secondary N) is 1. The standard InChI is InChI=1S/C20H17N5O2S/c1-13-7-9-15(10-8-13)17-11-16(14-5-3-2-4-6-14)12-18(28(21,26)27)19(17)20-22-24-25-23-20/h2-12H,1H3,(H2,21,26,27)(H,22,23,24,25). The van der Waals surface area contributed by atoms with Crippen LogP contribution < -0.4 is 5.14 Å². The Labute approximate surface area is 162 Å². The van der Waals surface area contributed by atoms with Gasteiger partial charge in [0.1, 0.15) is 0 Å². The van der Waals surface area contributed by atoms with Gasteiger partial charge in [-0.3, -0.25) is 0 Å². The van der Waals surface area contributed by atoms with Gasteiger partial charge in [0.25, 0.3) is 0 Å². The number of aromatic nitrogens is 4. The quantitative estimate of drug-likeness (QED) is 0.554. The molecule has 0 bridgehead atoms. The highest BCUT2D eigenvalue weighted by atomic mass is 32.2. The van der Waals surface area contributed by atoms with Gasteiger partial charge in [-0.2, -0.15) is 5.21 Å². The molecular weight excluding hydrogens is 374 g/mol. The molecular formula is C20H17N5O2S. The molecule has 0 amide bonds.